The van der Waals surface area contributed by atoms with Gasteiger partial charge in [-0.1, -0.05) is 19.1 Å². The maximum absolute atomic E-state index is 4.70. The second-order valence-electron chi connectivity index (χ2n) is 6.30. The highest BCUT2D eigenvalue weighted by molar-refractivity contribution is 5.55. The van der Waals surface area contributed by atoms with Crippen molar-refractivity contribution in [1.82, 2.24) is 9.78 Å². The summed E-state index contributed by atoms with van der Waals surface area (Å²) >= 11 is 0. The van der Waals surface area contributed by atoms with Crippen LogP contribution in [0.3, 0.4) is 0 Å². The van der Waals surface area contributed by atoms with Gasteiger partial charge in [-0.15, -0.1) is 0 Å². The fraction of sp³-hybridized carbons (Fsp3) is 0.500. The van der Waals surface area contributed by atoms with Gasteiger partial charge < -0.3 is 5.32 Å². The molecular weight excluding hydrogens is 258 g/mol. The van der Waals surface area contributed by atoms with Crippen LogP contribution in [0.25, 0.3) is 0 Å². The number of anilines is 1. The Bertz CT molecular complexity index is 615. The molecule has 0 aliphatic carbocycles. The number of aromatic nitrogens is 2. The Morgan fingerprint density at radius 2 is 2.24 bits per heavy atom. The van der Waals surface area contributed by atoms with Gasteiger partial charge in [0, 0.05) is 30.4 Å². The van der Waals surface area contributed by atoms with Gasteiger partial charge in [0.25, 0.3) is 0 Å². The molecule has 0 saturated heterocycles. The minimum absolute atomic E-state index is 0.480. The Morgan fingerprint density at radius 3 is 3.05 bits per heavy atom. The van der Waals surface area contributed by atoms with Crippen LogP contribution in [0.1, 0.15) is 56.5 Å². The van der Waals surface area contributed by atoms with Gasteiger partial charge in [0.05, 0.1) is 5.69 Å². The minimum Gasteiger partial charge on any atom is -0.382 e. The lowest BCUT2D eigenvalue weighted by atomic mass is 9.96. The van der Waals surface area contributed by atoms with Crippen LogP contribution < -0.4 is 5.32 Å². The van der Waals surface area contributed by atoms with Crippen LogP contribution in [0.15, 0.2) is 30.5 Å². The largest absolute Gasteiger partial charge is 0.382 e. The SMILES string of the molecule is CCC(C)n1ccc(Cc2ccc3c(c2)CCC(C)N3)n1. The molecule has 2 heterocycles. The second kappa shape index (κ2) is 5.92. The van der Waals surface area contributed by atoms with Gasteiger partial charge in [0.15, 0.2) is 0 Å². The van der Waals surface area contributed by atoms with Gasteiger partial charge in [-0.05, 0) is 56.4 Å². The average molecular weight is 283 g/mol. The molecule has 0 saturated carbocycles. The highest BCUT2D eigenvalue weighted by Gasteiger charge is 2.14. The van der Waals surface area contributed by atoms with Crippen LogP contribution in [-0.2, 0) is 12.8 Å². The number of aryl methyl sites for hydroxylation is 1. The van der Waals surface area contributed by atoms with Crippen molar-refractivity contribution in [2.75, 3.05) is 5.32 Å². The van der Waals surface area contributed by atoms with Gasteiger partial charge in [0.1, 0.15) is 0 Å². The highest BCUT2D eigenvalue weighted by atomic mass is 15.3. The summed E-state index contributed by atoms with van der Waals surface area (Å²) in [6.45, 7) is 6.66. The molecule has 1 aliphatic heterocycles. The minimum atomic E-state index is 0.480. The first-order valence-electron chi connectivity index (χ1n) is 8.08. The normalized spacial score (nSPS) is 18.9. The number of hydrogen-bond acceptors (Lipinski definition) is 2. The van der Waals surface area contributed by atoms with Crippen LogP contribution >= 0.6 is 0 Å². The molecule has 3 rings (SSSR count). The summed E-state index contributed by atoms with van der Waals surface area (Å²) in [5, 5.41) is 8.26. The molecule has 2 unspecified atom stereocenters. The molecule has 112 valence electrons. The summed E-state index contributed by atoms with van der Waals surface area (Å²) in [5.74, 6) is 0. The van der Waals surface area contributed by atoms with E-state index in [0.717, 1.165) is 18.5 Å². The zero-order chi connectivity index (χ0) is 14.8. The van der Waals surface area contributed by atoms with E-state index in [9.17, 15) is 0 Å². The first-order valence-corrected chi connectivity index (χ1v) is 8.08. The molecule has 1 N–H and O–H groups in total. The smallest absolute Gasteiger partial charge is 0.0668 e. The third-order valence-corrected chi connectivity index (χ3v) is 4.51. The standard InChI is InChI=1S/C18H25N3/c1-4-14(3)21-10-9-17(20-21)12-15-6-8-18-16(11-15)7-5-13(2)19-18/h6,8-11,13-14,19H,4-5,7,12H2,1-3H3. The predicted octanol–water partition coefficient (Wildman–Crippen LogP) is 4.19. The number of rotatable bonds is 4. The van der Waals surface area contributed by atoms with Crippen LogP contribution in [-0.4, -0.2) is 15.8 Å². The highest BCUT2D eigenvalue weighted by Crippen LogP contribution is 2.26. The Kier molecular flexibility index (Phi) is 4.00. The number of fused-ring (bicyclic) bond motifs is 1. The van der Waals surface area contributed by atoms with Gasteiger partial charge in [-0.2, -0.15) is 5.10 Å². The Balaban J connectivity index is 1.75. The molecule has 3 nitrogen and oxygen atoms in total. The molecule has 0 amide bonds. The number of nitrogens with one attached hydrogen (secondary N) is 1. The number of nitrogens with zero attached hydrogens (tertiary/aromatic N) is 2. The molecular formula is C18H25N3. The predicted molar refractivity (Wildman–Crippen MR) is 87.9 cm³/mol. The van der Waals surface area contributed by atoms with Gasteiger partial charge in [0.2, 0.25) is 0 Å². The van der Waals surface area contributed by atoms with Crippen LogP contribution in [0.5, 0.6) is 0 Å². The molecule has 0 radical (unpaired) electrons. The lowest BCUT2D eigenvalue weighted by molar-refractivity contribution is 0.474. The monoisotopic (exact) mass is 283 g/mol. The van der Waals surface area contributed by atoms with Gasteiger partial charge in [-0.25, -0.2) is 0 Å². The van der Waals surface area contributed by atoms with Crippen molar-refractivity contribution in [3.8, 4) is 0 Å². The summed E-state index contributed by atoms with van der Waals surface area (Å²) < 4.78 is 2.08. The van der Waals surface area contributed by atoms with E-state index in [4.69, 9.17) is 5.10 Å². The molecule has 3 heteroatoms. The number of benzene rings is 1. The van der Waals surface area contributed by atoms with Crippen LogP contribution in [0, 0.1) is 0 Å². The van der Waals surface area contributed by atoms with Crippen LogP contribution in [0.4, 0.5) is 5.69 Å². The Labute approximate surface area is 127 Å². The molecule has 2 aromatic rings. The zero-order valence-electron chi connectivity index (χ0n) is 13.3. The summed E-state index contributed by atoms with van der Waals surface area (Å²) in [5.41, 5.74) is 5.28. The summed E-state index contributed by atoms with van der Waals surface area (Å²) in [6.07, 6.45) is 6.54. The molecule has 0 bridgehead atoms. The maximum atomic E-state index is 4.70. The van der Waals surface area contributed by atoms with Crippen molar-refractivity contribution in [3.63, 3.8) is 0 Å². The first kappa shape index (κ1) is 14.2. The van der Waals surface area contributed by atoms with Gasteiger partial charge in [-0.3, -0.25) is 4.68 Å². The second-order valence-corrected chi connectivity index (χ2v) is 6.30. The maximum Gasteiger partial charge on any atom is 0.0668 e. The molecule has 1 aromatic heterocycles. The summed E-state index contributed by atoms with van der Waals surface area (Å²) in [7, 11) is 0. The lowest BCUT2D eigenvalue weighted by Gasteiger charge is -2.24. The molecule has 0 spiro atoms. The zero-order valence-corrected chi connectivity index (χ0v) is 13.3. The fourth-order valence-electron chi connectivity index (χ4n) is 2.93. The van der Waals surface area contributed by atoms with E-state index < -0.39 is 0 Å². The van der Waals surface area contributed by atoms with Crippen molar-refractivity contribution < 1.29 is 0 Å². The molecule has 2 atom stereocenters. The molecule has 1 aliphatic rings. The first-order chi connectivity index (χ1) is 10.2. The topological polar surface area (TPSA) is 29.9 Å². The summed E-state index contributed by atoms with van der Waals surface area (Å²) in [6, 6.07) is 10.0. The fourth-order valence-corrected chi connectivity index (χ4v) is 2.93. The van der Waals surface area contributed by atoms with Crippen molar-refractivity contribution in [1.29, 1.82) is 0 Å². The van der Waals surface area contributed by atoms with Crippen molar-refractivity contribution in [2.45, 2.75) is 58.5 Å². The van der Waals surface area contributed by atoms with Crippen molar-refractivity contribution in [2.24, 2.45) is 0 Å². The lowest BCUT2D eigenvalue weighted by Crippen LogP contribution is -2.21. The van der Waals surface area contributed by atoms with Crippen molar-refractivity contribution >= 4 is 5.69 Å². The van der Waals surface area contributed by atoms with Crippen LogP contribution in [0.2, 0.25) is 0 Å². The Hall–Kier alpha value is -1.77. The molecule has 21 heavy (non-hydrogen) atoms. The average Bonchev–Trinajstić information content (AvgIpc) is 2.95. The van der Waals surface area contributed by atoms with E-state index in [-0.39, 0.29) is 0 Å². The van der Waals surface area contributed by atoms with E-state index in [2.05, 4.69) is 61.2 Å². The molecule has 0 fully saturated rings. The van der Waals surface area contributed by atoms with E-state index in [1.54, 1.807) is 0 Å². The Morgan fingerprint density at radius 1 is 1.38 bits per heavy atom. The van der Waals surface area contributed by atoms with E-state index >= 15 is 0 Å². The van der Waals surface area contributed by atoms with E-state index in [0.29, 0.717) is 12.1 Å². The quantitative estimate of drug-likeness (QED) is 0.911. The third kappa shape index (κ3) is 3.12. The van der Waals surface area contributed by atoms with E-state index in [1.807, 2.05) is 0 Å². The van der Waals surface area contributed by atoms with Gasteiger partial charge >= 0.3 is 0 Å². The summed E-state index contributed by atoms with van der Waals surface area (Å²) in [4.78, 5) is 0. The third-order valence-electron chi connectivity index (χ3n) is 4.51. The number of hydrogen-bond donors (Lipinski definition) is 1. The molecule has 1 aromatic carbocycles. The van der Waals surface area contributed by atoms with E-state index in [1.165, 1.54) is 29.7 Å². The van der Waals surface area contributed by atoms with Crippen molar-refractivity contribution in [3.05, 3.63) is 47.3 Å².